The number of nitrogens with zero attached hydrogens (tertiary/aromatic N) is 1. The lowest BCUT2D eigenvalue weighted by molar-refractivity contribution is -0.121. The molecule has 1 aliphatic heterocycles. The Morgan fingerprint density at radius 3 is 2.57 bits per heavy atom. The number of carbonyl (C=O) groups is 2. The summed E-state index contributed by atoms with van der Waals surface area (Å²) in [5.74, 6) is 0.560. The predicted octanol–water partition coefficient (Wildman–Crippen LogP) is 5.82. The number of Topliss-reactive ketones (excluding diaryl/α,β-unsaturated/α-hetero) is 1. The number of rotatable bonds is 3. The third-order valence-corrected chi connectivity index (χ3v) is 6.53. The number of ketones is 1. The van der Waals surface area contributed by atoms with Crippen molar-refractivity contribution in [1.29, 1.82) is 0 Å². The first-order valence-electron chi connectivity index (χ1n) is 10.2. The number of hydrogen-bond donors (Lipinski definition) is 0. The second-order valence-electron chi connectivity index (χ2n) is 8.95. The van der Waals surface area contributed by atoms with E-state index in [0.717, 1.165) is 33.8 Å². The second-order valence-corrected chi connectivity index (χ2v) is 9.35. The van der Waals surface area contributed by atoms with Crippen molar-refractivity contribution in [3.63, 3.8) is 0 Å². The average molecular weight is 424 g/mol. The van der Waals surface area contributed by atoms with Gasteiger partial charge in [-0.1, -0.05) is 43.6 Å². The first-order valence-corrected chi connectivity index (χ1v) is 10.6. The van der Waals surface area contributed by atoms with Crippen LogP contribution in [0, 0.1) is 12.3 Å². The maximum absolute atomic E-state index is 13.5. The van der Waals surface area contributed by atoms with E-state index in [-0.39, 0.29) is 29.4 Å². The van der Waals surface area contributed by atoms with Gasteiger partial charge in [-0.2, -0.15) is 0 Å². The molecule has 5 heteroatoms. The molecular formula is C25H26ClNO3. The molecule has 1 aliphatic carbocycles. The van der Waals surface area contributed by atoms with Crippen LogP contribution in [0.3, 0.4) is 0 Å². The molecular weight excluding hydrogens is 398 g/mol. The largest absolute Gasteiger partial charge is 0.497 e. The fraction of sp³-hybridized carbons (Fsp3) is 0.360. The summed E-state index contributed by atoms with van der Waals surface area (Å²) < 4.78 is 5.38. The number of benzene rings is 2. The van der Waals surface area contributed by atoms with Gasteiger partial charge in [0.15, 0.2) is 5.78 Å². The van der Waals surface area contributed by atoms with Crippen molar-refractivity contribution >= 4 is 29.0 Å². The maximum Gasteiger partial charge on any atom is 0.232 e. The zero-order valence-corrected chi connectivity index (χ0v) is 18.5. The molecule has 156 valence electrons. The predicted molar refractivity (Wildman–Crippen MR) is 119 cm³/mol. The highest BCUT2D eigenvalue weighted by Crippen LogP contribution is 2.49. The van der Waals surface area contributed by atoms with Gasteiger partial charge in [-0.15, -0.1) is 0 Å². The minimum atomic E-state index is -0.262. The molecule has 0 radical (unpaired) electrons. The number of ether oxygens (including phenoxy) is 1. The molecule has 0 spiro atoms. The van der Waals surface area contributed by atoms with Gasteiger partial charge in [0.05, 0.1) is 12.8 Å². The molecule has 0 bridgehead atoms. The van der Waals surface area contributed by atoms with Gasteiger partial charge in [0.1, 0.15) is 5.75 Å². The van der Waals surface area contributed by atoms with Crippen LogP contribution in [-0.2, 0) is 9.59 Å². The third-order valence-electron chi connectivity index (χ3n) is 6.12. The summed E-state index contributed by atoms with van der Waals surface area (Å²) in [7, 11) is 1.62. The Kier molecular flexibility index (Phi) is 5.23. The van der Waals surface area contributed by atoms with E-state index >= 15 is 0 Å². The third kappa shape index (κ3) is 3.54. The van der Waals surface area contributed by atoms with E-state index < -0.39 is 0 Å². The van der Waals surface area contributed by atoms with Crippen LogP contribution in [0.1, 0.15) is 50.2 Å². The summed E-state index contributed by atoms with van der Waals surface area (Å²) in [5, 5.41) is 0.610. The number of halogens is 1. The number of amides is 1. The molecule has 2 aromatic carbocycles. The standard InChI is InChI=1S/C25H26ClNO3/c1-15-19(26)9-6-10-20(15)27-21-13-25(2,3)14-22(28)24(21)18(12-23(27)29)16-7-5-8-17(11-16)30-4/h5-11,18H,12-14H2,1-4H3. The average Bonchev–Trinajstić information content (AvgIpc) is 2.69. The summed E-state index contributed by atoms with van der Waals surface area (Å²) in [6.07, 6.45) is 1.37. The van der Waals surface area contributed by atoms with Gasteiger partial charge in [0.2, 0.25) is 5.91 Å². The van der Waals surface area contributed by atoms with E-state index in [1.165, 1.54) is 0 Å². The summed E-state index contributed by atoms with van der Waals surface area (Å²) in [5.41, 5.74) is 3.89. The van der Waals surface area contributed by atoms with Gasteiger partial charge in [-0.25, -0.2) is 0 Å². The van der Waals surface area contributed by atoms with Crippen molar-refractivity contribution in [3.05, 3.63) is 69.9 Å². The van der Waals surface area contributed by atoms with Gasteiger partial charge in [-0.05, 0) is 54.2 Å². The van der Waals surface area contributed by atoms with Crippen molar-refractivity contribution in [2.75, 3.05) is 12.0 Å². The topological polar surface area (TPSA) is 46.6 Å². The maximum atomic E-state index is 13.5. The highest BCUT2D eigenvalue weighted by Gasteiger charge is 2.44. The van der Waals surface area contributed by atoms with Crippen LogP contribution in [-0.4, -0.2) is 18.8 Å². The van der Waals surface area contributed by atoms with Crippen molar-refractivity contribution < 1.29 is 14.3 Å². The molecule has 2 aromatic rings. The van der Waals surface area contributed by atoms with Crippen molar-refractivity contribution in [2.24, 2.45) is 5.41 Å². The number of hydrogen-bond acceptors (Lipinski definition) is 3. The fourth-order valence-corrected chi connectivity index (χ4v) is 4.85. The van der Waals surface area contributed by atoms with E-state index in [2.05, 4.69) is 13.8 Å². The van der Waals surface area contributed by atoms with Crippen LogP contribution < -0.4 is 9.64 Å². The quantitative estimate of drug-likeness (QED) is 0.624. The summed E-state index contributed by atoms with van der Waals surface area (Å²) in [6, 6.07) is 13.2. The number of methoxy groups -OCH3 is 1. The van der Waals surface area contributed by atoms with E-state index in [1.807, 2.05) is 49.4 Å². The Bertz CT molecular complexity index is 1070. The Balaban J connectivity index is 1.92. The smallest absolute Gasteiger partial charge is 0.232 e. The van der Waals surface area contributed by atoms with E-state index in [0.29, 0.717) is 17.9 Å². The molecule has 1 amide bonds. The molecule has 4 nitrogen and oxygen atoms in total. The first-order chi connectivity index (χ1) is 14.2. The molecule has 2 aliphatic rings. The lowest BCUT2D eigenvalue weighted by atomic mass is 9.69. The SMILES string of the molecule is COc1cccc(C2CC(=O)N(c3cccc(Cl)c3C)C3=C2C(=O)CC(C)(C)C3)c1. The molecule has 1 heterocycles. The molecule has 1 unspecified atom stereocenters. The lowest BCUT2D eigenvalue weighted by Gasteiger charge is -2.43. The highest BCUT2D eigenvalue weighted by atomic mass is 35.5. The van der Waals surface area contributed by atoms with Crippen LogP contribution in [0.4, 0.5) is 5.69 Å². The van der Waals surface area contributed by atoms with Crippen LogP contribution in [0.2, 0.25) is 5.02 Å². The molecule has 30 heavy (non-hydrogen) atoms. The van der Waals surface area contributed by atoms with E-state index in [4.69, 9.17) is 16.3 Å². The fourth-order valence-electron chi connectivity index (χ4n) is 4.68. The van der Waals surface area contributed by atoms with Crippen LogP contribution in [0.15, 0.2) is 53.7 Å². The zero-order chi connectivity index (χ0) is 21.6. The second kappa shape index (κ2) is 7.59. The minimum Gasteiger partial charge on any atom is -0.497 e. The summed E-state index contributed by atoms with van der Waals surface area (Å²) in [6.45, 7) is 6.07. The van der Waals surface area contributed by atoms with Crippen LogP contribution >= 0.6 is 11.6 Å². The van der Waals surface area contributed by atoms with E-state index in [1.54, 1.807) is 12.0 Å². The Hall–Kier alpha value is -2.59. The minimum absolute atomic E-state index is 0.0163. The van der Waals surface area contributed by atoms with Gasteiger partial charge in [0.25, 0.3) is 0 Å². The van der Waals surface area contributed by atoms with Gasteiger partial charge >= 0.3 is 0 Å². The molecule has 0 fully saturated rings. The zero-order valence-electron chi connectivity index (χ0n) is 17.8. The molecule has 0 saturated carbocycles. The summed E-state index contributed by atoms with van der Waals surface area (Å²) >= 11 is 6.36. The van der Waals surface area contributed by atoms with Gasteiger partial charge in [0, 0.05) is 35.1 Å². The lowest BCUT2D eigenvalue weighted by Crippen LogP contribution is -2.44. The highest BCUT2D eigenvalue weighted by molar-refractivity contribution is 6.31. The Morgan fingerprint density at radius 2 is 1.83 bits per heavy atom. The molecule has 0 N–H and O–H groups in total. The van der Waals surface area contributed by atoms with Gasteiger partial charge < -0.3 is 4.74 Å². The molecule has 4 rings (SSSR count). The Morgan fingerprint density at radius 1 is 1.10 bits per heavy atom. The number of allylic oxidation sites excluding steroid dienone is 2. The normalized spacial score (nSPS) is 21.0. The Labute approximate surface area is 182 Å². The first kappa shape index (κ1) is 20.7. The number of carbonyl (C=O) groups excluding carboxylic acids is 2. The number of anilines is 1. The van der Waals surface area contributed by atoms with Gasteiger partial charge in [-0.3, -0.25) is 14.5 Å². The molecule has 1 atom stereocenters. The van der Waals surface area contributed by atoms with Crippen LogP contribution in [0.5, 0.6) is 5.75 Å². The molecule has 0 saturated heterocycles. The van der Waals surface area contributed by atoms with Crippen LogP contribution in [0.25, 0.3) is 0 Å². The van der Waals surface area contributed by atoms with Crippen molar-refractivity contribution in [1.82, 2.24) is 0 Å². The monoisotopic (exact) mass is 423 g/mol. The van der Waals surface area contributed by atoms with Crippen molar-refractivity contribution in [3.8, 4) is 5.75 Å². The summed E-state index contributed by atoms with van der Waals surface area (Å²) in [4.78, 5) is 28.6. The molecule has 0 aromatic heterocycles. The van der Waals surface area contributed by atoms with Crippen molar-refractivity contribution in [2.45, 2.75) is 46.0 Å². The van der Waals surface area contributed by atoms with E-state index in [9.17, 15) is 9.59 Å².